The molecule has 3 aromatic rings. The fourth-order valence-electron chi connectivity index (χ4n) is 3.50. The highest BCUT2D eigenvalue weighted by Gasteiger charge is 2.26. The highest BCUT2D eigenvalue weighted by atomic mass is 32.2. The molecule has 1 saturated heterocycles. The SMILES string of the molecule is Cc1csc(NC(=O)Cn2c(=O)oc3cc(S(=O)(=O)N4CCCCCC4)ccc32)n1. The maximum atomic E-state index is 13.0. The number of hydrogen-bond donors (Lipinski definition) is 1. The molecule has 9 nitrogen and oxygen atoms in total. The second-order valence-corrected chi connectivity index (χ2v) is 10.0. The molecule has 0 unspecified atom stereocenters. The van der Waals surface area contributed by atoms with Crippen molar-refractivity contribution in [2.45, 2.75) is 44.0 Å². The van der Waals surface area contributed by atoms with Crippen molar-refractivity contribution in [2.75, 3.05) is 18.4 Å². The number of sulfonamides is 1. The fraction of sp³-hybridized carbons (Fsp3) is 0.421. The number of hydrogen-bond acceptors (Lipinski definition) is 7. The lowest BCUT2D eigenvalue weighted by Gasteiger charge is -2.19. The third kappa shape index (κ3) is 4.18. The third-order valence-electron chi connectivity index (χ3n) is 5.01. The van der Waals surface area contributed by atoms with Gasteiger partial charge in [0.2, 0.25) is 15.9 Å². The number of aryl methyl sites for hydroxylation is 1. The van der Waals surface area contributed by atoms with Gasteiger partial charge in [-0.05, 0) is 31.9 Å². The van der Waals surface area contributed by atoms with Crippen LogP contribution in [0.1, 0.15) is 31.4 Å². The summed E-state index contributed by atoms with van der Waals surface area (Å²) in [7, 11) is -3.67. The van der Waals surface area contributed by atoms with Crippen LogP contribution in [0.15, 0.2) is 37.7 Å². The number of benzene rings is 1. The van der Waals surface area contributed by atoms with Gasteiger partial charge < -0.3 is 9.73 Å². The number of thiazole rings is 1. The number of anilines is 1. The van der Waals surface area contributed by atoms with Crippen molar-refractivity contribution in [1.82, 2.24) is 13.9 Å². The summed E-state index contributed by atoms with van der Waals surface area (Å²) in [5.41, 5.74) is 1.29. The Bertz CT molecular complexity index is 1230. The van der Waals surface area contributed by atoms with E-state index in [-0.39, 0.29) is 17.0 Å². The Morgan fingerprint density at radius 3 is 2.63 bits per heavy atom. The average molecular weight is 451 g/mol. The number of nitrogens with zero attached hydrogens (tertiary/aromatic N) is 3. The van der Waals surface area contributed by atoms with Gasteiger partial charge in [-0.15, -0.1) is 11.3 Å². The van der Waals surface area contributed by atoms with Crippen molar-refractivity contribution >= 4 is 43.5 Å². The molecular formula is C19H22N4O5S2. The Hall–Kier alpha value is -2.50. The number of carbonyl (C=O) groups is 1. The molecule has 0 saturated carbocycles. The van der Waals surface area contributed by atoms with Crippen LogP contribution in [0.4, 0.5) is 5.13 Å². The van der Waals surface area contributed by atoms with Gasteiger partial charge in [-0.1, -0.05) is 12.8 Å². The molecular weight excluding hydrogens is 428 g/mol. The van der Waals surface area contributed by atoms with Crippen LogP contribution in [-0.4, -0.2) is 41.3 Å². The standard InChI is InChI=1S/C19H22N4O5S2/c1-13-12-29-18(20-13)21-17(24)11-23-15-7-6-14(10-16(15)28-19(23)25)30(26,27)22-8-4-2-3-5-9-22/h6-7,10,12H,2-5,8-9,11H2,1H3,(H,20,21,24). The van der Waals surface area contributed by atoms with Gasteiger partial charge in [-0.25, -0.2) is 18.2 Å². The van der Waals surface area contributed by atoms with Gasteiger partial charge in [-0.2, -0.15) is 4.31 Å². The van der Waals surface area contributed by atoms with E-state index in [0.717, 1.165) is 31.4 Å². The van der Waals surface area contributed by atoms with E-state index >= 15 is 0 Å². The molecule has 30 heavy (non-hydrogen) atoms. The van der Waals surface area contributed by atoms with Gasteiger partial charge in [0, 0.05) is 24.5 Å². The van der Waals surface area contributed by atoms with Crippen molar-refractivity contribution in [2.24, 2.45) is 0 Å². The molecule has 1 aliphatic rings. The number of amides is 1. The minimum absolute atomic E-state index is 0.0838. The van der Waals surface area contributed by atoms with E-state index in [2.05, 4.69) is 10.3 Å². The van der Waals surface area contributed by atoms with Crippen molar-refractivity contribution in [3.8, 4) is 0 Å². The van der Waals surface area contributed by atoms with Gasteiger partial charge in [-0.3, -0.25) is 9.36 Å². The molecule has 1 fully saturated rings. The summed E-state index contributed by atoms with van der Waals surface area (Å²) in [5, 5.41) is 4.90. The smallest absolute Gasteiger partial charge is 0.408 e. The zero-order valence-corrected chi connectivity index (χ0v) is 18.1. The molecule has 0 atom stereocenters. The predicted octanol–water partition coefficient (Wildman–Crippen LogP) is 2.56. The van der Waals surface area contributed by atoms with E-state index in [1.54, 1.807) is 5.38 Å². The van der Waals surface area contributed by atoms with Crippen LogP contribution in [0, 0.1) is 6.92 Å². The topological polar surface area (TPSA) is 115 Å². The Balaban J connectivity index is 1.59. The largest absolute Gasteiger partial charge is 0.420 e. The summed E-state index contributed by atoms with van der Waals surface area (Å²) in [4.78, 5) is 28.8. The Kier molecular flexibility index (Phi) is 5.76. The Morgan fingerprint density at radius 1 is 1.23 bits per heavy atom. The molecule has 0 bridgehead atoms. The van der Waals surface area contributed by atoms with Crippen LogP contribution >= 0.6 is 11.3 Å². The number of nitrogens with one attached hydrogen (secondary N) is 1. The van der Waals surface area contributed by atoms with Gasteiger partial charge in [0.15, 0.2) is 10.7 Å². The average Bonchev–Trinajstić information content (AvgIpc) is 3.10. The molecule has 4 rings (SSSR count). The lowest BCUT2D eigenvalue weighted by atomic mass is 10.2. The first-order chi connectivity index (χ1) is 14.3. The number of aromatic nitrogens is 2. The molecule has 0 radical (unpaired) electrons. The summed E-state index contributed by atoms with van der Waals surface area (Å²) < 4.78 is 33.9. The molecule has 3 heterocycles. The van der Waals surface area contributed by atoms with Crippen LogP contribution in [0.5, 0.6) is 0 Å². The highest BCUT2D eigenvalue weighted by Crippen LogP contribution is 2.24. The number of carbonyl (C=O) groups excluding carboxylic acids is 1. The molecule has 11 heteroatoms. The van der Waals surface area contributed by atoms with Crippen LogP contribution in [0.3, 0.4) is 0 Å². The molecule has 1 aromatic carbocycles. The number of oxazole rings is 1. The van der Waals surface area contributed by atoms with Gasteiger partial charge in [0.25, 0.3) is 0 Å². The lowest BCUT2D eigenvalue weighted by Crippen LogP contribution is -2.31. The van der Waals surface area contributed by atoms with E-state index in [4.69, 9.17) is 4.42 Å². The predicted molar refractivity (Wildman–Crippen MR) is 113 cm³/mol. The Morgan fingerprint density at radius 2 is 1.97 bits per heavy atom. The van der Waals surface area contributed by atoms with Crippen LogP contribution in [-0.2, 0) is 21.4 Å². The quantitative estimate of drug-likeness (QED) is 0.639. The highest BCUT2D eigenvalue weighted by molar-refractivity contribution is 7.89. The first-order valence-corrected chi connectivity index (χ1v) is 12.0. The number of fused-ring (bicyclic) bond motifs is 1. The van der Waals surface area contributed by atoms with E-state index < -0.39 is 21.7 Å². The van der Waals surface area contributed by atoms with Crippen LogP contribution < -0.4 is 11.1 Å². The van der Waals surface area contributed by atoms with Crippen molar-refractivity contribution < 1.29 is 17.6 Å². The molecule has 0 aliphatic carbocycles. The normalized spacial score (nSPS) is 15.9. The summed E-state index contributed by atoms with van der Waals surface area (Å²) in [6, 6.07) is 4.32. The van der Waals surface area contributed by atoms with E-state index in [0.29, 0.717) is 23.7 Å². The van der Waals surface area contributed by atoms with E-state index in [9.17, 15) is 18.0 Å². The van der Waals surface area contributed by atoms with Crippen molar-refractivity contribution in [3.05, 3.63) is 39.8 Å². The zero-order chi connectivity index (χ0) is 21.3. The molecule has 1 N–H and O–H groups in total. The fourth-order valence-corrected chi connectivity index (χ4v) is 5.74. The maximum Gasteiger partial charge on any atom is 0.420 e. The first-order valence-electron chi connectivity index (χ1n) is 9.70. The van der Waals surface area contributed by atoms with Gasteiger partial charge in [0.1, 0.15) is 6.54 Å². The second kappa shape index (κ2) is 8.32. The van der Waals surface area contributed by atoms with E-state index in [1.807, 2.05) is 6.92 Å². The van der Waals surface area contributed by atoms with E-state index in [1.165, 1.54) is 38.4 Å². The minimum atomic E-state index is -3.67. The van der Waals surface area contributed by atoms with Crippen LogP contribution in [0.2, 0.25) is 0 Å². The summed E-state index contributed by atoms with van der Waals surface area (Å²) in [6.07, 6.45) is 3.71. The first kappa shape index (κ1) is 20.8. The summed E-state index contributed by atoms with van der Waals surface area (Å²) >= 11 is 1.29. The summed E-state index contributed by atoms with van der Waals surface area (Å²) in [6.45, 7) is 2.53. The van der Waals surface area contributed by atoms with Gasteiger partial charge in [0.05, 0.1) is 16.1 Å². The molecule has 0 spiro atoms. The minimum Gasteiger partial charge on any atom is -0.408 e. The van der Waals surface area contributed by atoms with Crippen molar-refractivity contribution in [1.29, 1.82) is 0 Å². The molecule has 2 aromatic heterocycles. The summed E-state index contributed by atoms with van der Waals surface area (Å²) in [5.74, 6) is -1.14. The Labute approximate surface area is 177 Å². The molecule has 160 valence electrons. The number of rotatable bonds is 5. The van der Waals surface area contributed by atoms with Crippen LogP contribution in [0.25, 0.3) is 11.1 Å². The van der Waals surface area contributed by atoms with Gasteiger partial charge >= 0.3 is 5.76 Å². The monoisotopic (exact) mass is 450 g/mol. The zero-order valence-electron chi connectivity index (χ0n) is 16.5. The second-order valence-electron chi connectivity index (χ2n) is 7.24. The lowest BCUT2D eigenvalue weighted by molar-refractivity contribution is -0.116. The molecule has 1 amide bonds. The third-order valence-corrected chi connectivity index (χ3v) is 7.78. The maximum absolute atomic E-state index is 13.0. The van der Waals surface area contributed by atoms with Crippen molar-refractivity contribution in [3.63, 3.8) is 0 Å². The molecule has 1 aliphatic heterocycles.